The minimum atomic E-state index is 0.192. The van der Waals surface area contributed by atoms with Crippen LogP contribution in [0.1, 0.15) is 35.5 Å². The van der Waals surface area contributed by atoms with Gasteiger partial charge in [0.25, 0.3) is 0 Å². The van der Waals surface area contributed by atoms with Gasteiger partial charge in [0.1, 0.15) is 0 Å². The van der Waals surface area contributed by atoms with Crippen molar-refractivity contribution in [3.05, 3.63) is 46.2 Å². The first-order valence-electron chi connectivity index (χ1n) is 7.19. The van der Waals surface area contributed by atoms with Crippen LogP contribution in [0.2, 0.25) is 0 Å². The quantitative estimate of drug-likeness (QED) is 0.680. The Labute approximate surface area is 129 Å². The molecule has 0 radical (unpaired) electrons. The molecule has 0 saturated heterocycles. The molecule has 0 bridgehead atoms. The standard InChI is InChI=1S/C17H20O3S/c1-3-19-15-10-8-13(12-16(15)20-4-2)7-9-14(18)17-6-5-11-21-17/h5-6,8,10-12H,3-4,7,9H2,1-2H3. The van der Waals surface area contributed by atoms with E-state index in [2.05, 4.69) is 0 Å². The highest BCUT2D eigenvalue weighted by Crippen LogP contribution is 2.29. The SMILES string of the molecule is CCOc1ccc(CCC(=O)c2cccs2)cc1OCC. The highest BCUT2D eigenvalue weighted by atomic mass is 32.1. The van der Waals surface area contributed by atoms with Crippen LogP contribution in [0.15, 0.2) is 35.7 Å². The van der Waals surface area contributed by atoms with E-state index in [0.717, 1.165) is 21.9 Å². The van der Waals surface area contributed by atoms with E-state index in [1.165, 1.54) is 11.3 Å². The molecule has 0 unspecified atom stereocenters. The number of carbonyl (C=O) groups is 1. The summed E-state index contributed by atoms with van der Waals surface area (Å²) in [6, 6.07) is 9.66. The molecule has 3 nitrogen and oxygen atoms in total. The Morgan fingerprint density at radius 1 is 1.10 bits per heavy atom. The largest absolute Gasteiger partial charge is 0.490 e. The van der Waals surface area contributed by atoms with Gasteiger partial charge in [-0.2, -0.15) is 0 Å². The lowest BCUT2D eigenvalue weighted by Gasteiger charge is -2.12. The molecule has 21 heavy (non-hydrogen) atoms. The van der Waals surface area contributed by atoms with Crippen molar-refractivity contribution in [3.8, 4) is 11.5 Å². The number of benzene rings is 1. The molecule has 0 amide bonds. The first-order valence-corrected chi connectivity index (χ1v) is 8.07. The van der Waals surface area contributed by atoms with Gasteiger partial charge in [-0.05, 0) is 49.4 Å². The van der Waals surface area contributed by atoms with Crippen molar-refractivity contribution in [3.63, 3.8) is 0 Å². The molecule has 0 saturated carbocycles. The van der Waals surface area contributed by atoms with Crippen molar-refractivity contribution in [2.45, 2.75) is 26.7 Å². The third kappa shape index (κ3) is 4.33. The summed E-state index contributed by atoms with van der Waals surface area (Å²) in [5, 5.41) is 1.93. The molecule has 0 atom stereocenters. The number of hydrogen-bond acceptors (Lipinski definition) is 4. The molecule has 2 aromatic rings. The predicted octanol–water partition coefficient (Wildman–Crippen LogP) is 4.36. The number of hydrogen-bond donors (Lipinski definition) is 0. The molecule has 1 aromatic heterocycles. The van der Waals surface area contributed by atoms with Crippen molar-refractivity contribution in [2.24, 2.45) is 0 Å². The minimum absolute atomic E-state index is 0.192. The fourth-order valence-corrected chi connectivity index (χ4v) is 2.76. The Hall–Kier alpha value is -1.81. The second-order valence-corrected chi connectivity index (χ2v) is 5.50. The summed E-state index contributed by atoms with van der Waals surface area (Å²) in [6.45, 7) is 5.10. The van der Waals surface area contributed by atoms with Gasteiger partial charge in [0.05, 0.1) is 18.1 Å². The third-order valence-electron chi connectivity index (χ3n) is 3.04. The Kier molecular flexibility index (Phi) is 5.81. The summed E-state index contributed by atoms with van der Waals surface area (Å²) in [5.41, 5.74) is 1.09. The number of ketones is 1. The summed E-state index contributed by atoms with van der Waals surface area (Å²) >= 11 is 1.49. The van der Waals surface area contributed by atoms with E-state index < -0.39 is 0 Å². The maximum absolute atomic E-state index is 12.0. The normalized spacial score (nSPS) is 10.4. The summed E-state index contributed by atoms with van der Waals surface area (Å²) < 4.78 is 11.1. The fourth-order valence-electron chi connectivity index (χ4n) is 2.07. The van der Waals surface area contributed by atoms with Crippen molar-refractivity contribution in [1.29, 1.82) is 0 Å². The molecule has 0 spiro atoms. The van der Waals surface area contributed by atoms with Crippen LogP contribution < -0.4 is 9.47 Å². The van der Waals surface area contributed by atoms with Crippen molar-refractivity contribution in [1.82, 2.24) is 0 Å². The molecule has 1 aromatic carbocycles. The number of ether oxygens (including phenoxy) is 2. The molecule has 0 fully saturated rings. The van der Waals surface area contributed by atoms with Crippen LogP contribution in [-0.4, -0.2) is 19.0 Å². The molecule has 112 valence electrons. The van der Waals surface area contributed by atoms with Crippen LogP contribution in [0.5, 0.6) is 11.5 Å². The predicted molar refractivity (Wildman–Crippen MR) is 85.8 cm³/mol. The Morgan fingerprint density at radius 2 is 1.86 bits per heavy atom. The second-order valence-electron chi connectivity index (χ2n) is 4.55. The van der Waals surface area contributed by atoms with Crippen LogP contribution in [0, 0.1) is 0 Å². The van der Waals surface area contributed by atoms with E-state index in [1.54, 1.807) is 0 Å². The van der Waals surface area contributed by atoms with Gasteiger partial charge in [0.2, 0.25) is 0 Å². The van der Waals surface area contributed by atoms with Gasteiger partial charge in [-0.1, -0.05) is 12.1 Å². The monoisotopic (exact) mass is 304 g/mol. The zero-order valence-electron chi connectivity index (χ0n) is 12.4. The molecule has 0 aliphatic rings. The van der Waals surface area contributed by atoms with E-state index in [-0.39, 0.29) is 5.78 Å². The molecule has 4 heteroatoms. The lowest BCUT2D eigenvalue weighted by Crippen LogP contribution is -2.01. The molecule has 1 heterocycles. The number of aryl methyl sites for hydroxylation is 1. The number of thiophene rings is 1. The molecular formula is C17H20O3S. The van der Waals surface area contributed by atoms with Gasteiger partial charge in [0, 0.05) is 6.42 Å². The third-order valence-corrected chi connectivity index (χ3v) is 3.96. The minimum Gasteiger partial charge on any atom is -0.490 e. The Balaban J connectivity index is 2.03. The number of carbonyl (C=O) groups excluding carboxylic acids is 1. The lowest BCUT2D eigenvalue weighted by molar-refractivity contribution is 0.0986. The Morgan fingerprint density at radius 3 is 2.52 bits per heavy atom. The maximum atomic E-state index is 12.0. The van der Waals surface area contributed by atoms with Crippen LogP contribution in [0.3, 0.4) is 0 Å². The maximum Gasteiger partial charge on any atom is 0.173 e. The summed E-state index contributed by atoms with van der Waals surface area (Å²) in [5.74, 6) is 1.70. The van der Waals surface area contributed by atoms with E-state index >= 15 is 0 Å². The zero-order valence-corrected chi connectivity index (χ0v) is 13.2. The fraction of sp³-hybridized carbons (Fsp3) is 0.353. The Bertz CT molecular complexity index is 576. The zero-order chi connectivity index (χ0) is 15.1. The first-order chi connectivity index (χ1) is 10.2. The summed E-state index contributed by atoms with van der Waals surface area (Å²) in [7, 11) is 0. The van der Waals surface area contributed by atoms with Gasteiger partial charge in [0.15, 0.2) is 17.3 Å². The first kappa shape index (κ1) is 15.6. The summed E-state index contributed by atoms with van der Waals surface area (Å²) in [4.78, 5) is 12.8. The number of rotatable bonds is 8. The lowest BCUT2D eigenvalue weighted by atomic mass is 10.1. The van der Waals surface area contributed by atoms with Gasteiger partial charge < -0.3 is 9.47 Å². The van der Waals surface area contributed by atoms with E-state index in [4.69, 9.17) is 9.47 Å². The van der Waals surface area contributed by atoms with Crippen LogP contribution in [0.4, 0.5) is 0 Å². The molecule has 0 aliphatic carbocycles. The highest BCUT2D eigenvalue weighted by Gasteiger charge is 2.10. The second kappa shape index (κ2) is 7.84. The smallest absolute Gasteiger partial charge is 0.173 e. The molecule has 0 aliphatic heterocycles. The van der Waals surface area contributed by atoms with E-state index in [1.807, 2.05) is 49.6 Å². The van der Waals surface area contributed by atoms with E-state index in [0.29, 0.717) is 26.1 Å². The molecule has 0 N–H and O–H groups in total. The van der Waals surface area contributed by atoms with Gasteiger partial charge in [-0.25, -0.2) is 0 Å². The van der Waals surface area contributed by atoms with Gasteiger partial charge in [-0.15, -0.1) is 11.3 Å². The topological polar surface area (TPSA) is 35.5 Å². The number of Topliss-reactive ketones (excluding diaryl/α,β-unsaturated/α-hetero) is 1. The van der Waals surface area contributed by atoms with E-state index in [9.17, 15) is 4.79 Å². The van der Waals surface area contributed by atoms with Gasteiger partial charge >= 0.3 is 0 Å². The van der Waals surface area contributed by atoms with Crippen LogP contribution in [0.25, 0.3) is 0 Å². The molecular weight excluding hydrogens is 284 g/mol. The van der Waals surface area contributed by atoms with Crippen LogP contribution >= 0.6 is 11.3 Å². The molecule has 2 rings (SSSR count). The highest BCUT2D eigenvalue weighted by molar-refractivity contribution is 7.12. The average Bonchev–Trinajstić information content (AvgIpc) is 3.02. The van der Waals surface area contributed by atoms with Crippen molar-refractivity contribution < 1.29 is 14.3 Å². The average molecular weight is 304 g/mol. The van der Waals surface area contributed by atoms with Crippen LogP contribution in [-0.2, 0) is 6.42 Å². The van der Waals surface area contributed by atoms with Crippen molar-refractivity contribution >= 4 is 17.1 Å². The van der Waals surface area contributed by atoms with Crippen molar-refractivity contribution in [2.75, 3.05) is 13.2 Å². The summed E-state index contributed by atoms with van der Waals surface area (Å²) in [6.07, 6.45) is 1.23. The van der Waals surface area contributed by atoms with Gasteiger partial charge in [-0.3, -0.25) is 4.79 Å².